The average molecular weight is 168 g/mol. The van der Waals surface area contributed by atoms with E-state index < -0.39 is 0 Å². The Hall–Kier alpha value is -0.0400. The quantitative estimate of drug-likeness (QED) is 0.616. The number of ether oxygens (including phenoxy) is 1. The Morgan fingerprint density at radius 2 is 2.25 bits per heavy atom. The Balaban J connectivity index is 1.95. The molecule has 2 saturated heterocycles. The molecule has 0 spiro atoms. The Morgan fingerprint density at radius 3 is 2.67 bits per heavy atom. The zero-order valence-electron chi connectivity index (χ0n) is 8.47. The van der Waals surface area contributed by atoms with Crippen molar-refractivity contribution in [1.29, 1.82) is 0 Å². The summed E-state index contributed by atoms with van der Waals surface area (Å²) < 4.78 is 5.90. The van der Waals surface area contributed by atoms with Crippen molar-refractivity contribution < 1.29 is 4.74 Å². The largest absolute Gasteiger partial charge is 0.372 e. The van der Waals surface area contributed by atoms with Crippen LogP contribution in [0.5, 0.6) is 0 Å². The molecule has 0 amide bonds. The molecule has 1 nitrogen and oxygen atoms in total. The zero-order valence-corrected chi connectivity index (χ0v) is 8.47. The summed E-state index contributed by atoms with van der Waals surface area (Å²) in [6, 6.07) is 0. The predicted molar refractivity (Wildman–Crippen MR) is 50.1 cm³/mol. The van der Waals surface area contributed by atoms with Crippen molar-refractivity contribution in [3.63, 3.8) is 0 Å². The highest BCUT2D eigenvalue weighted by atomic mass is 16.5. The fourth-order valence-corrected chi connectivity index (χ4v) is 2.79. The van der Waals surface area contributed by atoms with Crippen LogP contribution in [0.4, 0.5) is 0 Å². The van der Waals surface area contributed by atoms with Crippen molar-refractivity contribution in [3.05, 3.63) is 0 Å². The van der Waals surface area contributed by atoms with Gasteiger partial charge in [-0.3, -0.25) is 0 Å². The average Bonchev–Trinajstić information content (AvgIpc) is 2.02. The Bertz CT molecular complexity index is 164. The van der Waals surface area contributed by atoms with Crippen LogP contribution in [0, 0.1) is 11.8 Å². The van der Waals surface area contributed by atoms with E-state index in [1.165, 1.54) is 25.7 Å². The standard InChI is InChI=1S/C11H20O/c1-4-8(2)9-5-6-11(3)7-10(9)12-11/h8-10H,4-7H2,1-3H3. The molecule has 1 saturated carbocycles. The Morgan fingerprint density at radius 1 is 1.58 bits per heavy atom. The second-order valence-electron chi connectivity index (χ2n) is 4.90. The zero-order chi connectivity index (χ0) is 8.77. The van der Waals surface area contributed by atoms with Gasteiger partial charge in [-0.05, 0) is 31.6 Å². The van der Waals surface area contributed by atoms with Gasteiger partial charge in [0.2, 0.25) is 0 Å². The first-order valence-electron chi connectivity index (χ1n) is 5.32. The molecule has 1 aliphatic carbocycles. The van der Waals surface area contributed by atoms with Crippen molar-refractivity contribution in [2.45, 2.75) is 58.2 Å². The van der Waals surface area contributed by atoms with Gasteiger partial charge in [0.1, 0.15) is 0 Å². The van der Waals surface area contributed by atoms with Gasteiger partial charge in [0.05, 0.1) is 11.7 Å². The highest BCUT2D eigenvalue weighted by Crippen LogP contribution is 2.49. The number of hydrogen-bond donors (Lipinski definition) is 0. The molecule has 2 aliphatic heterocycles. The second-order valence-corrected chi connectivity index (χ2v) is 4.90. The molecular weight excluding hydrogens is 148 g/mol. The smallest absolute Gasteiger partial charge is 0.0683 e. The molecule has 0 radical (unpaired) electrons. The molecule has 0 aromatic rings. The second kappa shape index (κ2) is 2.73. The van der Waals surface area contributed by atoms with Gasteiger partial charge in [-0.1, -0.05) is 20.3 Å². The lowest BCUT2D eigenvalue weighted by Crippen LogP contribution is -2.57. The molecule has 3 rings (SSSR count). The van der Waals surface area contributed by atoms with Crippen LogP contribution in [-0.4, -0.2) is 11.7 Å². The van der Waals surface area contributed by atoms with Crippen molar-refractivity contribution in [2.75, 3.05) is 0 Å². The van der Waals surface area contributed by atoms with E-state index in [-0.39, 0.29) is 5.60 Å². The molecular formula is C11H20O. The van der Waals surface area contributed by atoms with Crippen LogP contribution in [0.2, 0.25) is 0 Å². The molecule has 12 heavy (non-hydrogen) atoms. The topological polar surface area (TPSA) is 9.23 Å². The van der Waals surface area contributed by atoms with Gasteiger partial charge in [0.25, 0.3) is 0 Å². The minimum absolute atomic E-state index is 0.286. The SMILES string of the molecule is CCC(C)C1CCC2(C)CC1O2. The van der Waals surface area contributed by atoms with Crippen LogP contribution in [0.1, 0.15) is 46.5 Å². The van der Waals surface area contributed by atoms with Crippen LogP contribution >= 0.6 is 0 Å². The van der Waals surface area contributed by atoms with Crippen molar-refractivity contribution in [3.8, 4) is 0 Å². The molecule has 3 aliphatic rings. The van der Waals surface area contributed by atoms with Crippen molar-refractivity contribution >= 4 is 0 Å². The van der Waals surface area contributed by atoms with Gasteiger partial charge in [-0.2, -0.15) is 0 Å². The van der Waals surface area contributed by atoms with E-state index in [0.717, 1.165) is 11.8 Å². The van der Waals surface area contributed by atoms with E-state index in [4.69, 9.17) is 4.74 Å². The van der Waals surface area contributed by atoms with E-state index in [2.05, 4.69) is 20.8 Å². The highest BCUT2D eigenvalue weighted by molar-refractivity contribution is 4.99. The molecule has 0 aromatic heterocycles. The van der Waals surface area contributed by atoms with E-state index in [0.29, 0.717) is 6.10 Å². The maximum Gasteiger partial charge on any atom is 0.0683 e. The van der Waals surface area contributed by atoms with E-state index in [1.807, 2.05) is 0 Å². The van der Waals surface area contributed by atoms with Gasteiger partial charge in [0, 0.05) is 6.42 Å². The first kappa shape index (κ1) is 8.55. The van der Waals surface area contributed by atoms with Crippen molar-refractivity contribution in [1.82, 2.24) is 0 Å². The third-order valence-electron chi connectivity index (χ3n) is 3.93. The van der Waals surface area contributed by atoms with Crippen LogP contribution in [0.15, 0.2) is 0 Å². The number of hydrogen-bond acceptors (Lipinski definition) is 1. The molecule has 0 N–H and O–H groups in total. The van der Waals surface area contributed by atoms with Crippen LogP contribution in [0.25, 0.3) is 0 Å². The maximum absolute atomic E-state index is 5.90. The Labute approximate surface area is 75.5 Å². The molecule has 4 unspecified atom stereocenters. The highest BCUT2D eigenvalue weighted by Gasteiger charge is 2.50. The van der Waals surface area contributed by atoms with Crippen LogP contribution in [0.3, 0.4) is 0 Å². The summed E-state index contributed by atoms with van der Waals surface area (Å²) in [5.74, 6) is 1.72. The molecule has 1 heteroatoms. The first-order valence-corrected chi connectivity index (χ1v) is 5.32. The third-order valence-corrected chi connectivity index (χ3v) is 3.93. The van der Waals surface area contributed by atoms with E-state index in [1.54, 1.807) is 0 Å². The summed E-state index contributed by atoms with van der Waals surface area (Å²) >= 11 is 0. The number of rotatable bonds is 2. The van der Waals surface area contributed by atoms with Gasteiger partial charge in [-0.25, -0.2) is 0 Å². The summed E-state index contributed by atoms with van der Waals surface area (Å²) in [6.07, 6.45) is 5.93. The van der Waals surface area contributed by atoms with Crippen LogP contribution in [-0.2, 0) is 4.74 Å². The lowest BCUT2D eigenvalue weighted by Gasteiger charge is -2.55. The predicted octanol–water partition coefficient (Wildman–Crippen LogP) is 2.99. The molecule has 70 valence electrons. The molecule has 2 heterocycles. The fraction of sp³-hybridized carbons (Fsp3) is 1.00. The molecule has 4 atom stereocenters. The first-order chi connectivity index (χ1) is 5.64. The van der Waals surface area contributed by atoms with Crippen LogP contribution < -0.4 is 0 Å². The summed E-state index contributed by atoms with van der Waals surface area (Å²) in [4.78, 5) is 0. The molecule has 3 fully saturated rings. The molecule has 2 bridgehead atoms. The van der Waals surface area contributed by atoms with Gasteiger partial charge < -0.3 is 4.74 Å². The maximum atomic E-state index is 5.90. The van der Waals surface area contributed by atoms with Gasteiger partial charge >= 0.3 is 0 Å². The normalized spacial score (nSPS) is 48.2. The van der Waals surface area contributed by atoms with E-state index in [9.17, 15) is 0 Å². The fourth-order valence-electron chi connectivity index (χ4n) is 2.79. The minimum atomic E-state index is 0.286. The Kier molecular flexibility index (Phi) is 1.95. The van der Waals surface area contributed by atoms with Crippen molar-refractivity contribution in [2.24, 2.45) is 11.8 Å². The minimum Gasteiger partial charge on any atom is -0.372 e. The van der Waals surface area contributed by atoms with E-state index >= 15 is 0 Å². The lowest BCUT2D eigenvalue weighted by atomic mass is 9.68. The summed E-state index contributed by atoms with van der Waals surface area (Å²) in [7, 11) is 0. The molecule has 0 aromatic carbocycles. The number of fused-ring (bicyclic) bond motifs is 2. The summed E-state index contributed by atoms with van der Waals surface area (Å²) in [5, 5.41) is 0. The van der Waals surface area contributed by atoms with Gasteiger partial charge in [0.15, 0.2) is 0 Å². The van der Waals surface area contributed by atoms with Gasteiger partial charge in [-0.15, -0.1) is 0 Å². The lowest BCUT2D eigenvalue weighted by molar-refractivity contribution is -0.256. The summed E-state index contributed by atoms with van der Waals surface area (Å²) in [5.41, 5.74) is 0.286. The third kappa shape index (κ3) is 1.19. The monoisotopic (exact) mass is 168 g/mol. The summed E-state index contributed by atoms with van der Waals surface area (Å²) in [6.45, 7) is 6.92.